The summed E-state index contributed by atoms with van der Waals surface area (Å²) in [5.74, 6) is 1.82. The molecule has 0 fully saturated rings. The molecule has 23 heavy (non-hydrogen) atoms. The fraction of sp³-hybridized carbons (Fsp3) is 0.438. The van der Waals surface area contributed by atoms with E-state index in [0.717, 1.165) is 39.3 Å². The van der Waals surface area contributed by atoms with E-state index in [1.807, 2.05) is 31.2 Å². The van der Waals surface area contributed by atoms with Gasteiger partial charge in [-0.1, -0.05) is 41.3 Å². The molecule has 2 heterocycles. The van der Waals surface area contributed by atoms with Gasteiger partial charge in [0.2, 0.25) is 5.91 Å². The molecule has 122 valence electrons. The highest BCUT2D eigenvalue weighted by Gasteiger charge is 2.25. The minimum Gasteiger partial charge on any atom is -0.492 e. The molecule has 3 rings (SSSR count). The van der Waals surface area contributed by atoms with Crippen LogP contribution >= 0.6 is 23.1 Å². The summed E-state index contributed by atoms with van der Waals surface area (Å²) in [6.45, 7) is 3.09. The van der Waals surface area contributed by atoms with Gasteiger partial charge in [-0.05, 0) is 31.4 Å². The number of para-hydroxylation sites is 1. The Morgan fingerprint density at radius 3 is 3.13 bits per heavy atom. The van der Waals surface area contributed by atoms with Gasteiger partial charge in [0, 0.05) is 12.3 Å². The lowest BCUT2D eigenvalue weighted by atomic mass is 9.96. The summed E-state index contributed by atoms with van der Waals surface area (Å²) in [6.07, 6.45) is 1.67. The minimum absolute atomic E-state index is 0.0799. The van der Waals surface area contributed by atoms with E-state index >= 15 is 0 Å². The van der Waals surface area contributed by atoms with E-state index in [0.29, 0.717) is 13.2 Å². The molecule has 1 atom stereocenters. The first kappa shape index (κ1) is 16.3. The Morgan fingerprint density at radius 2 is 2.30 bits per heavy atom. The average molecular weight is 349 g/mol. The Hall–Kier alpha value is -1.60. The molecule has 0 radical (unpaired) electrons. The summed E-state index contributed by atoms with van der Waals surface area (Å²) < 4.78 is 6.66. The Morgan fingerprint density at radius 1 is 1.43 bits per heavy atom. The third kappa shape index (κ3) is 4.45. The molecule has 1 aromatic carbocycles. The van der Waals surface area contributed by atoms with Crippen molar-refractivity contribution in [2.45, 2.75) is 24.1 Å². The lowest BCUT2D eigenvalue weighted by Crippen LogP contribution is -2.37. The van der Waals surface area contributed by atoms with E-state index < -0.39 is 0 Å². The average Bonchev–Trinajstić information content (AvgIpc) is 2.99. The number of aromatic nitrogens is 2. The van der Waals surface area contributed by atoms with Crippen molar-refractivity contribution in [3.8, 4) is 5.75 Å². The third-order valence-electron chi connectivity index (χ3n) is 3.60. The molecule has 1 aromatic heterocycles. The van der Waals surface area contributed by atoms with Crippen molar-refractivity contribution in [1.82, 2.24) is 15.5 Å². The Kier molecular flexibility index (Phi) is 5.51. The van der Waals surface area contributed by atoms with Gasteiger partial charge in [-0.3, -0.25) is 4.79 Å². The van der Waals surface area contributed by atoms with E-state index in [-0.39, 0.29) is 11.8 Å². The minimum atomic E-state index is -0.0941. The highest BCUT2D eigenvalue weighted by atomic mass is 32.2. The molecule has 0 bridgehead atoms. The number of carbonyl (C=O) groups is 1. The second-order valence-corrected chi connectivity index (χ2v) is 7.92. The van der Waals surface area contributed by atoms with Crippen LogP contribution in [0.2, 0.25) is 0 Å². The lowest BCUT2D eigenvalue weighted by molar-refractivity contribution is -0.126. The molecular formula is C16H19N3O2S2. The number of fused-ring (bicyclic) bond motifs is 1. The lowest BCUT2D eigenvalue weighted by Gasteiger charge is -2.24. The molecule has 1 amide bonds. The highest BCUT2D eigenvalue weighted by Crippen LogP contribution is 2.27. The Bertz CT molecular complexity index is 675. The number of nitrogens with zero attached hydrogens (tertiary/aromatic N) is 2. The van der Waals surface area contributed by atoms with E-state index in [1.54, 1.807) is 23.1 Å². The van der Waals surface area contributed by atoms with Crippen molar-refractivity contribution in [3.05, 3.63) is 34.8 Å². The zero-order valence-electron chi connectivity index (χ0n) is 12.9. The van der Waals surface area contributed by atoms with Crippen molar-refractivity contribution in [2.24, 2.45) is 5.92 Å². The molecule has 0 aliphatic carbocycles. The maximum atomic E-state index is 12.2. The topological polar surface area (TPSA) is 64.1 Å². The van der Waals surface area contributed by atoms with E-state index in [4.69, 9.17) is 4.74 Å². The number of aryl methyl sites for hydroxylation is 1. The first-order valence-corrected chi connectivity index (χ1v) is 9.44. The summed E-state index contributed by atoms with van der Waals surface area (Å²) in [5, 5.41) is 12.1. The predicted octanol–water partition coefficient (Wildman–Crippen LogP) is 2.70. The molecule has 0 spiro atoms. The van der Waals surface area contributed by atoms with Gasteiger partial charge in [-0.2, -0.15) is 0 Å². The van der Waals surface area contributed by atoms with Crippen molar-refractivity contribution in [1.29, 1.82) is 0 Å². The molecule has 0 saturated carbocycles. The Balaban J connectivity index is 1.37. The zero-order valence-corrected chi connectivity index (χ0v) is 14.6. The number of thioether (sulfide) groups is 1. The van der Waals surface area contributed by atoms with Gasteiger partial charge in [0.15, 0.2) is 4.34 Å². The van der Waals surface area contributed by atoms with Crippen LogP contribution in [-0.2, 0) is 11.2 Å². The molecule has 1 aliphatic rings. The van der Waals surface area contributed by atoms with Gasteiger partial charge in [-0.25, -0.2) is 0 Å². The summed E-state index contributed by atoms with van der Waals surface area (Å²) in [4.78, 5) is 12.2. The van der Waals surface area contributed by atoms with Gasteiger partial charge in [0.1, 0.15) is 17.4 Å². The SMILES string of the molecule is Cc1nnc(SCCCNC(=O)[C@H]2COc3ccccc3C2)s1. The van der Waals surface area contributed by atoms with E-state index in [9.17, 15) is 4.79 Å². The zero-order chi connectivity index (χ0) is 16.1. The van der Waals surface area contributed by atoms with Crippen LogP contribution in [0.1, 0.15) is 17.0 Å². The normalized spacial score (nSPS) is 16.5. The van der Waals surface area contributed by atoms with Crippen LogP contribution in [0.5, 0.6) is 5.75 Å². The first-order valence-electron chi connectivity index (χ1n) is 7.63. The van der Waals surface area contributed by atoms with Crippen molar-refractivity contribution >= 4 is 29.0 Å². The second-order valence-electron chi connectivity index (χ2n) is 5.40. The molecule has 0 unspecified atom stereocenters. The number of hydrogen-bond donors (Lipinski definition) is 1. The number of benzene rings is 1. The van der Waals surface area contributed by atoms with Gasteiger partial charge >= 0.3 is 0 Å². The molecular weight excluding hydrogens is 330 g/mol. The number of hydrogen-bond acceptors (Lipinski definition) is 6. The van der Waals surface area contributed by atoms with Crippen LogP contribution in [0.3, 0.4) is 0 Å². The Labute approximate surface area is 143 Å². The van der Waals surface area contributed by atoms with Crippen molar-refractivity contribution in [3.63, 3.8) is 0 Å². The summed E-state index contributed by atoms with van der Waals surface area (Å²) >= 11 is 3.29. The molecule has 5 nitrogen and oxygen atoms in total. The smallest absolute Gasteiger partial charge is 0.226 e. The van der Waals surface area contributed by atoms with Gasteiger partial charge in [0.25, 0.3) is 0 Å². The van der Waals surface area contributed by atoms with Gasteiger partial charge in [0.05, 0.1) is 5.92 Å². The van der Waals surface area contributed by atoms with Gasteiger partial charge in [-0.15, -0.1) is 10.2 Å². The van der Waals surface area contributed by atoms with Crippen molar-refractivity contribution < 1.29 is 9.53 Å². The summed E-state index contributed by atoms with van der Waals surface area (Å²) in [5.41, 5.74) is 1.11. The van der Waals surface area contributed by atoms with E-state index in [1.165, 1.54) is 0 Å². The highest BCUT2D eigenvalue weighted by molar-refractivity contribution is 8.01. The van der Waals surface area contributed by atoms with Crippen molar-refractivity contribution in [2.75, 3.05) is 18.9 Å². The van der Waals surface area contributed by atoms with Gasteiger partial charge < -0.3 is 10.1 Å². The molecule has 0 saturated heterocycles. The molecule has 2 aromatic rings. The quantitative estimate of drug-likeness (QED) is 0.642. The summed E-state index contributed by atoms with van der Waals surface area (Å²) in [7, 11) is 0. The molecule has 1 aliphatic heterocycles. The number of nitrogens with one attached hydrogen (secondary N) is 1. The maximum absolute atomic E-state index is 12.2. The van der Waals surface area contributed by atoms with Crippen LogP contribution in [0.25, 0.3) is 0 Å². The second kappa shape index (κ2) is 7.79. The van der Waals surface area contributed by atoms with Crippen LogP contribution in [0.4, 0.5) is 0 Å². The maximum Gasteiger partial charge on any atom is 0.226 e. The standard InChI is InChI=1S/C16H19N3O2S2/c1-11-18-19-16(23-11)22-8-4-7-17-15(20)13-9-12-5-2-3-6-14(12)21-10-13/h2-3,5-6,13H,4,7-10H2,1H3,(H,17,20)/t13-/m1/s1. The largest absolute Gasteiger partial charge is 0.492 e. The first-order chi connectivity index (χ1) is 11.2. The fourth-order valence-electron chi connectivity index (χ4n) is 2.42. The summed E-state index contributed by atoms with van der Waals surface area (Å²) in [6, 6.07) is 7.91. The number of rotatable bonds is 6. The number of ether oxygens (including phenoxy) is 1. The predicted molar refractivity (Wildman–Crippen MR) is 92.1 cm³/mol. The van der Waals surface area contributed by atoms with E-state index in [2.05, 4.69) is 15.5 Å². The number of amides is 1. The van der Waals surface area contributed by atoms with Crippen LogP contribution in [0.15, 0.2) is 28.6 Å². The third-order valence-corrected chi connectivity index (χ3v) is 5.66. The molecule has 1 N–H and O–H groups in total. The number of carbonyl (C=O) groups excluding carboxylic acids is 1. The van der Waals surface area contributed by atoms with Crippen LogP contribution in [0, 0.1) is 12.8 Å². The molecule has 7 heteroatoms. The fourth-order valence-corrected chi connectivity index (χ4v) is 4.25. The monoisotopic (exact) mass is 349 g/mol. The van der Waals surface area contributed by atoms with Crippen LogP contribution < -0.4 is 10.1 Å². The van der Waals surface area contributed by atoms with Crippen LogP contribution in [-0.4, -0.2) is 35.0 Å².